The Morgan fingerprint density at radius 1 is 1.40 bits per heavy atom. The molecular weight excluding hydrogens is 206 g/mol. The van der Waals surface area contributed by atoms with Crippen molar-refractivity contribution in [2.45, 2.75) is 17.7 Å². The molecule has 0 N–H and O–H groups in total. The maximum atomic E-state index is 12.2. The van der Waals surface area contributed by atoms with Crippen LogP contribution in [0.4, 0.5) is 0 Å². The molecule has 1 rings (SSSR count). The van der Waals surface area contributed by atoms with Gasteiger partial charge in [0.25, 0.3) is 0 Å². The van der Waals surface area contributed by atoms with Crippen LogP contribution in [0, 0.1) is 0 Å². The summed E-state index contributed by atoms with van der Waals surface area (Å²) in [5, 5.41) is 0. The molecule has 2 nitrogen and oxygen atoms in total. The zero-order valence-electron chi connectivity index (χ0n) is 9.06. The highest BCUT2D eigenvalue weighted by Gasteiger charge is 2.03. The second-order valence-corrected chi connectivity index (χ2v) is 5.73. The third-order valence-corrected chi connectivity index (χ3v) is 3.91. The van der Waals surface area contributed by atoms with Crippen molar-refractivity contribution in [2.24, 2.45) is 4.36 Å². The SMILES string of the molecule is C=CCCCN=[S@](C)(=O)c1ccccc1. The van der Waals surface area contributed by atoms with Crippen molar-refractivity contribution in [2.75, 3.05) is 12.8 Å². The summed E-state index contributed by atoms with van der Waals surface area (Å²) in [6.07, 6.45) is 5.39. The fourth-order valence-corrected chi connectivity index (χ4v) is 2.51. The van der Waals surface area contributed by atoms with Crippen LogP contribution in [-0.2, 0) is 9.73 Å². The van der Waals surface area contributed by atoms with Gasteiger partial charge in [-0.05, 0) is 25.0 Å². The van der Waals surface area contributed by atoms with Crippen LogP contribution in [0.5, 0.6) is 0 Å². The van der Waals surface area contributed by atoms with Crippen molar-refractivity contribution < 1.29 is 4.21 Å². The lowest BCUT2D eigenvalue weighted by Crippen LogP contribution is -1.98. The van der Waals surface area contributed by atoms with Crippen molar-refractivity contribution >= 4 is 9.73 Å². The first-order valence-electron chi connectivity index (χ1n) is 5.01. The summed E-state index contributed by atoms with van der Waals surface area (Å²) < 4.78 is 16.4. The van der Waals surface area contributed by atoms with Gasteiger partial charge in [0.1, 0.15) is 0 Å². The molecule has 15 heavy (non-hydrogen) atoms. The highest BCUT2D eigenvalue weighted by Crippen LogP contribution is 2.10. The molecule has 0 unspecified atom stereocenters. The van der Waals surface area contributed by atoms with E-state index in [2.05, 4.69) is 10.9 Å². The van der Waals surface area contributed by atoms with Gasteiger partial charge in [0.15, 0.2) is 0 Å². The van der Waals surface area contributed by atoms with Crippen molar-refractivity contribution in [3.63, 3.8) is 0 Å². The van der Waals surface area contributed by atoms with Gasteiger partial charge >= 0.3 is 0 Å². The van der Waals surface area contributed by atoms with E-state index >= 15 is 0 Å². The maximum absolute atomic E-state index is 12.2. The van der Waals surface area contributed by atoms with Crippen LogP contribution in [0.3, 0.4) is 0 Å². The molecule has 0 saturated heterocycles. The Morgan fingerprint density at radius 3 is 2.67 bits per heavy atom. The van der Waals surface area contributed by atoms with Crippen molar-refractivity contribution in [1.82, 2.24) is 0 Å². The van der Waals surface area contributed by atoms with E-state index in [0.717, 1.165) is 17.7 Å². The smallest absolute Gasteiger partial charge is 0.0723 e. The first-order chi connectivity index (χ1) is 7.17. The van der Waals surface area contributed by atoms with Gasteiger partial charge in [0.2, 0.25) is 0 Å². The second kappa shape index (κ2) is 5.71. The Labute approximate surface area is 92.2 Å². The summed E-state index contributed by atoms with van der Waals surface area (Å²) in [7, 11) is -2.20. The standard InChI is InChI=1S/C12H17NOS/c1-3-4-8-11-13-15(2,14)12-9-6-5-7-10-12/h3,5-7,9-10H,1,4,8,11H2,2H3/t15-/m1/s1. The fraction of sp³-hybridized carbons (Fsp3) is 0.333. The summed E-state index contributed by atoms with van der Waals surface area (Å²) in [6, 6.07) is 9.41. The number of nitrogens with zero attached hydrogens (tertiary/aromatic N) is 1. The molecule has 0 aromatic heterocycles. The molecule has 0 heterocycles. The molecule has 1 aromatic carbocycles. The van der Waals surface area contributed by atoms with Crippen LogP contribution in [-0.4, -0.2) is 17.0 Å². The topological polar surface area (TPSA) is 29.4 Å². The first-order valence-corrected chi connectivity index (χ1v) is 6.93. The van der Waals surface area contributed by atoms with Crippen molar-refractivity contribution in [1.29, 1.82) is 0 Å². The van der Waals surface area contributed by atoms with Crippen LogP contribution >= 0.6 is 0 Å². The highest BCUT2D eigenvalue weighted by molar-refractivity contribution is 7.93. The molecular formula is C12H17NOS. The van der Waals surface area contributed by atoms with E-state index in [1.165, 1.54) is 0 Å². The van der Waals surface area contributed by atoms with Gasteiger partial charge in [0, 0.05) is 17.7 Å². The molecule has 0 radical (unpaired) electrons. The van der Waals surface area contributed by atoms with E-state index in [0.29, 0.717) is 6.54 Å². The molecule has 0 aliphatic heterocycles. The molecule has 1 atom stereocenters. The molecule has 0 aliphatic rings. The lowest BCUT2D eigenvalue weighted by molar-refractivity contribution is 0.677. The monoisotopic (exact) mass is 223 g/mol. The lowest BCUT2D eigenvalue weighted by atomic mass is 10.3. The molecule has 0 spiro atoms. The predicted octanol–water partition coefficient (Wildman–Crippen LogP) is 3.11. The van der Waals surface area contributed by atoms with Crippen LogP contribution < -0.4 is 0 Å². The number of benzene rings is 1. The quantitative estimate of drug-likeness (QED) is 0.557. The second-order valence-electron chi connectivity index (χ2n) is 3.40. The Kier molecular flexibility index (Phi) is 4.56. The molecule has 0 bridgehead atoms. The zero-order valence-corrected chi connectivity index (χ0v) is 9.87. The number of allylic oxidation sites excluding steroid dienone is 1. The highest BCUT2D eigenvalue weighted by atomic mass is 32.2. The first kappa shape index (κ1) is 12.0. The van der Waals surface area contributed by atoms with Crippen LogP contribution in [0.25, 0.3) is 0 Å². The summed E-state index contributed by atoms with van der Waals surface area (Å²) >= 11 is 0. The normalized spacial score (nSPS) is 14.2. The molecule has 0 saturated carbocycles. The van der Waals surface area contributed by atoms with E-state index in [4.69, 9.17) is 0 Å². The van der Waals surface area contributed by atoms with Crippen molar-refractivity contribution in [3.05, 3.63) is 43.0 Å². The van der Waals surface area contributed by atoms with Crippen molar-refractivity contribution in [3.8, 4) is 0 Å². The van der Waals surface area contributed by atoms with E-state index < -0.39 is 9.73 Å². The third kappa shape index (κ3) is 3.88. The van der Waals surface area contributed by atoms with Gasteiger partial charge in [-0.3, -0.25) is 0 Å². The maximum Gasteiger partial charge on any atom is 0.0723 e. The largest absolute Gasteiger partial charge is 0.245 e. The zero-order chi connectivity index (χ0) is 11.1. The molecule has 1 aromatic rings. The number of rotatable bonds is 5. The van der Waals surface area contributed by atoms with E-state index in [1.54, 1.807) is 6.26 Å². The molecule has 0 fully saturated rings. The minimum Gasteiger partial charge on any atom is -0.245 e. The lowest BCUT2D eigenvalue weighted by Gasteiger charge is -2.03. The Balaban J connectivity index is 2.74. The summed E-state index contributed by atoms with van der Waals surface area (Å²) in [5.41, 5.74) is 0. The average Bonchev–Trinajstić information content (AvgIpc) is 2.26. The minimum absolute atomic E-state index is 0.635. The number of hydrogen-bond donors (Lipinski definition) is 0. The molecule has 82 valence electrons. The third-order valence-electron chi connectivity index (χ3n) is 2.08. The summed E-state index contributed by atoms with van der Waals surface area (Å²) in [4.78, 5) is 0.809. The average molecular weight is 223 g/mol. The number of unbranched alkanes of at least 4 members (excludes halogenated alkanes) is 1. The molecule has 0 amide bonds. The van der Waals surface area contributed by atoms with Gasteiger partial charge < -0.3 is 0 Å². The van der Waals surface area contributed by atoms with E-state index in [9.17, 15) is 4.21 Å². The van der Waals surface area contributed by atoms with E-state index in [1.807, 2.05) is 36.4 Å². The van der Waals surface area contributed by atoms with Gasteiger partial charge in [0.05, 0.1) is 9.73 Å². The molecule has 0 aliphatic carbocycles. The fourth-order valence-electron chi connectivity index (χ4n) is 1.22. The molecule has 3 heteroatoms. The Bertz CT molecular complexity index is 417. The minimum atomic E-state index is -2.20. The van der Waals surface area contributed by atoms with Gasteiger partial charge in [-0.2, -0.15) is 0 Å². The number of hydrogen-bond acceptors (Lipinski definition) is 2. The Morgan fingerprint density at radius 2 is 2.07 bits per heavy atom. The van der Waals surface area contributed by atoms with Gasteiger partial charge in [-0.15, -0.1) is 6.58 Å². The van der Waals surface area contributed by atoms with E-state index in [-0.39, 0.29) is 0 Å². The Hall–Kier alpha value is -1.09. The summed E-state index contributed by atoms with van der Waals surface area (Å²) in [5.74, 6) is 0. The van der Waals surface area contributed by atoms with Gasteiger partial charge in [-0.1, -0.05) is 24.3 Å². The van der Waals surface area contributed by atoms with Gasteiger partial charge in [-0.25, -0.2) is 8.57 Å². The van der Waals surface area contributed by atoms with Crippen LogP contribution in [0.2, 0.25) is 0 Å². The predicted molar refractivity (Wildman–Crippen MR) is 65.5 cm³/mol. The van der Waals surface area contributed by atoms with Crippen LogP contribution in [0.15, 0.2) is 52.2 Å². The summed E-state index contributed by atoms with van der Waals surface area (Å²) in [6.45, 7) is 4.28. The van der Waals surface area contributed by atoms with Crippen LogP contribution in [0.1, 0.15) is 12.8 Å².